The second-order valence-corrected chi connectivity index (χ2v) is 6.62. The van der Waals surface area contributed by atoms with E-state index >= 15 is 0 Å². The zero-order chi connectivity index (χ0) is 16.0. The van der Waals surface area contributed by atoms with Gasteiger partial charge in [-0.05, 0) is 23.8 Å². The average Bonchev–Trinajstić information content (AvgIpc) is 2.56. The number of hydrogen-bond acceptors (Lipinski definition) is 4. The molecule has 0 fully saturated rings. The molecule has 22 heavy (non-hydrogen) atoms. The Morgan fingerprint density at radius 1 is 1.00 bits per heavy atom. The van der Waals surface area contributed by atoms with Crippen molar-refractivity contribution in [2.45, 2.75) is 11.3 Å². The van der Waals surface area contributed by atoms with Gasteiger partial charge in [-0.1, -0.05) is 48.5 Å². The van der Waals surface area contributed by atoms with Crippen LogP contribution in [0.15, 0.2) is 70.5 Å². The Hall–Kier alpha value is -2.11. The molecule has 114 valence electrons. The highest BCUT2D eigenvalue weighted by molar-refractivity contribution is 7.95. The lowest BCUT2D eigenvalue weighted by Crippen LogP contribution is -2.10. The van der Waals surface area contributed by atoms with Gasteiger partial charge < -0.3 is 4.29 Å². The maximum absolute atomic E-state index is 12.7. The Morgan fingerprint density at radius 3 is 2.09 bits per heavy atom. The summed E-state index contributed by atoms with van der Waals surface area (Å²) < 4.78 is 29.4. The molecule has 0 amide bonds. The van der Waals surface area contributed by atoms with Crippen molar-refractivity contribution in [3.63, 3.8) is 0 Å². The monoisotopic (exact) mass is 336 g/mol. The number of halogens is 1. The van der Waals surface area contributed by atoms with E-state index < -0.39 is 22.2 Å². The summed E-state index contributed by atoms with van der Waals surface area (Å²) in [5.74, 6) is -0.830. The van der Waals surface area contributed by atoms with Crippen molar-refractivity contribution in [2.24, 2.45) is 0 Å². The first-order chi connectivity index (χ1) is 10.5. The van der Waals surface area contributed by atoms with Gasteiger partial charge in [-0.2, -0.15) is 0 Å². The van der Waals surface area contributed by atoms with Gasteiger partial charge >= 0.3 is 5.97 Å². The summed E-state index contributed by atoms with van der Waals surface area (Å²) in [6.45, 7) is 0. The number of carbonyl (C=O) groups excluding carboxylic acids is 1. The molecule has 0 heterocycles. The Labute approximate surface area is 134 Å². The van der Waals surface area contributed by atoms with Gasteiger partial charge in [0.1, 0.15) is 11.9 Å². The fourth-order valence-corrected chi connectivity index (χ4v) is 3.35. The number of rotatable bonds is 5. The molecule has 2 aromatic rings. The molecule has 6 heteroatoms. The van der Waals surface area contributed by atoms with E-state index in [1.165, 1.54) is 18.2 Å². The fourth-order valence-electron chi connectivity index (χ4n) is 1.88. The fraction of sp³-hybridized carbons (Fsp3) is 0.0625. The minimum absolute atomic E-state index is 0.0736. The second-order valence-electron chi connectivity index (χ2n) is 4.46. The number of hydrogen-bond donors (Lipinski definition) is 0. The van der Waals surface area contributed by atoms with Crippen LogP contribution in [0.3, 0.4) is 0 Å². The van der Waals surface area contributed by atoms with Gasteiger partial charge in [0.15, 0.2) is 0 Å². The Morgan fingerprint density at radius 2 is 1.55 bits per heavy atom. The Bertz CT molecular complexity index is 768. The molecular weight excluding hydrogens is 324 g/mol. The van der Waals surface area contributed by atoms with Gasteiger partial charge in [0.25, 0.3) is 0 Å². The molecule has 0 N–H and O–H groups in total. The van der Waals surface area contributed by atoms with Crippen LogP contribution in [0.2, 0.25) is 0 Å². The highest BCUT2D eigenvalue weighted by atomic mass is 35.5. The van der Waals surface area contributed by atoms with Crippen molar-refractivity contribution in [1.82, 2.24) is 0 Å². The van der Waals surface area contributed by atoms with Gasteiger partial charge in [0, 0.05) is 0 Å². The van der Waals surface area contributed by atoms with E-state index in [1.54, 1.807) is 42.5 Å². The van der Waals surface area contributed by atoms with Gasteiger partial charge in [-0.3, -0.25) is 4.79 Å². The number of benzene rings is 2. The van der Waals surface area contributed by atoms with Crippen LogP contribution in [0.5, 0.6) is 0 Å². The first-order valence-electron chi connectivity index (χ1n) is 6.41. The predicted molar refractivity (Wildman–Crippen MR) is 84.6 cm³/mol. The summed E-state index contributed by atoms with van der Waals surface area (Å²) in [6.07, 6.45) is 1.01. The number of sulfone groups is 1. The van der Waals surface area contributed by atoms with E-state index in [0.717, 1.165) is 0 Å². The summed E-state index contributed by atoms with van der Waals surface area (Å²) in [7, 11) is -3.80. The minimum atomic E-state index is -3.80. The predicted octanol–water partition coefficient (Wildman–Crippen LogP) is 3.59. The van der Waals surface area contributed by atoms with Crippen LogP contribution in [-0.2, 0) is 18.9 Å². The minimum Gasteiger partial charge on any atom is -0.347 e. The van der Waals surface area contributed by atoms with E-state index in [4.69, 9.17) is 11.9 Å². The summed E-state index contributed by atoms with van der Waals surface area (Å²) >= 11 is 5.02. The van der Waals surface area contributed by atoms with Crippen LogP contribution in [-0.4, -0.2) is 14.4 Å². The highest BCUT2D eigenvalue weighted by Gasteiger charge is 2.23. The van der Waals surface area contributed by atoms with E-state index in [-0.39, 0.29) is 9.80 Å². The van der Waals surface area contributed by atoms with E-state index in [2.05, 4.69) is 4.29 Å². The van der Waals surface area contributed by atoms with E-state index in [1.807, 2.05) is 6.07 Å². The third kappa shape index (κ3) is 3.96. The topological polar surface area (TPSA) is 60.4 Å². The molecule has 2 rings (SSSR count). The molecular formula is C16H13ClO4S. The highest BCUT2D eigenvalue weighted by Crippen LogP contribution is 2.24. The van der Waals surface area contributed by atoms with Crippen LogP contribution >= 0.6 is 11.9 Å². The van der Waals surface area contributed by atoms with Gasteiger partial charge in [0.05, 0.1) is 16.2 Å². The molecule has 0 atom stereocenters. The van der Waals surface area contributed by atoms with Crippen molar-refractivity contribution in [3.05, 3.63) is 71.1 Å². The molecule has 0 aromatic heterocycles. The lowest BCUT2D eigenvalue weighted by molar-refractivity contribution is -0.133. The van der Waals surface area contributed by atoms with Crippen molar-refractivity contribution in [3.8, 4) is 0 Å². The number of carbonyl (C=O) groups is 1. The molecule has 0 saturated heterocycles. The quantitative estimate of drug-likeness (QED) is 0.837. The maximum Gasteiger partial charge on any atom is 0.329 e. The van der Waals surface area contributed by atoms with Crippen LogP contribution in [0.4, 0.5) is 0 Å². The Balaban J connectivity index is 2.49. The second kappa shape index (κ2) is 7.24. The summed E-state index contributed by atoms with van der Waals surface area (Å²) in [5.41, 5.74) is 0.666. The molecule has 0 saturated carbocycles. The van der Waals surface area contributed by atoms with Crippen LogP contribution < -0.4 is 0 Å². The molecule has 0 radical (unpaired) electrons. The molecule has 0 unspecified atom stereocenters. The van der Waals surface area contributed by atoms with E-state index in [9.17, 15) is 13.2 Å². The van der Waals surface area contributed by atoms with Crippen molar-refractivity contribution < 1.29 is 17.5 Å². The van der Waals surface area contributed by atoms with Gasteiger partial charge in [-0.25, -0.2) is 8.42 Å². The van der Waals surface area contributed by atoms with Crippen LogP contribution in [0.1, 0.15) is 12.0 Å². The maximum atomic E-state index is 12.7. The summed E-state index contributed by atoms with van der Waals surface area (Å²) in [6, 6.07) is 16.7. The SMILES string of the molecule is O=C(C/C(=C\c1ccccc1)S(=O)(=O)c1ccccc1)OCl. The largest absolute Gasteiger partial charge is 0.347 e. The lowest BCUT2D eigenvalue weighted by atomic mass is 10.2. The van der Waals surface area contributed by atoms with Gasteiger partial charge in [-0.15, -0.1) is 0 Å². The smallest absolute Gasteiger partial charge is 0.329 e. The lowest BCUT2D eigenvalue weighted by Gasteiger charge is -2.08. The molecule has 0 bridgehead atoms. The molecule has 4 nitrogen and oxygen atoms in total. The third-order valence-corrected chi connectivity index (χ3v) is 4.95. The average molecular weight is 337 g/mol. The zero-order valence-electron chi connectivity index (χ0n) is 11.5. The first-order valence-corrected chi connectivity index (χ1v) is 8.20. The van der Waals surface area contributed by atoms with Crippen molar-refractivity contribution >= 4 is 33.7 Å². The van der Waals surface area contributed by atoms with Crippen LogP contribution in [0.25, 0.3) is 6.08 Å². The van der Waals surface area contributed by atoms with Crippen LogP contribution in [0, 0.1) is 0 Å². The molecule has 2 aromatic carbocycles. The molecule has 0 spiro atoms. The third-order valence-electron chi connectivity index (χ3n) is 2.93. The molecule has 0 aliphatic heterocycles. The van der Waals surface area contributed by atoms with Crippen molar-refractivity contribution in [2.75, 3.05) is 0 Å². The summed E-state index contributed by atoms with van der Waals surface area (Å²) in [5, 5.41) is 0. The zero-order valence-corrected chi connectivity index (χ0v) is 13.0. The normalized spacial score (nSPS) is 12.0. The standard InChI is InChI=1S/C16H13ClO4S/c17-21-16(18)12-15(11-13-7-3-1-4-8-13)22(19,20)14-9-5-2-6-10-14/h1-11H,12H2/b15-11+. The van der Waals surface area contributed by atoms with E-state index in [0.29, 0.717) is 5.56 Å². The molecule has 0 aliphatic rings. The van der Waals surface area contributed by atoms with Gasteiger partial charge in [0.2, 0.25) is 9.84 Å². The Kier molecular flexibility index (Phi) is 5.35. The summed E-state index contributed by atoms with van der Waals surface area (Å²) in [4.78, 5) is 11.5. The van der Waals surface area contributed by atoms with Crippen molar-refractivity contribution in [1.29, 1.82) is 0 Å². The first kappa shape index (κ1) is 16.3. The molecule has 0 aliphatic carbocycles.